The van der Waals surface area contributed by atoms with Crippen molar-refractivity contribution >= 4 is 33.3 Å². The molecule has 6 heteroatoms. The summed E-state index contributed by atoms with van der Waals surface area (Å²) in [5, 5.41) is 3.20. The summed E-state index contributed by atoms with van der Waals surface area (Å²) in [5.41, 5.74) is 7.69. The molecule has 0 atom stereocenters. The van der Waals surface area contributed by atoms with Gasteiger partial charge in [0.15, 0.2) is 0 Å². The van der Waals surface area contributed by atoms with Crippen molar-refractivity contribution in [3.8, 4) is 5.75 Å². The van der Waals surface area contributed by atoms with E-state index in [1.54, 1.807) is 7.11 Å². The molecule has 0 bridgehead atoms. The Bertz CT molecular complexity index is 574. The Balaban J connectivity index is 2.31. The molecule has 0 radical (unpaired) electrons. The molecule has 0 amide bonds. The molecule has 1 aromatic heterocycles. The fourth-order valence-corrected chi connectivity index (χ4v) is 1.81. The zero-order valence-electron chi connectivity index (χ0n) is 10.1. The van der Waals surface area contributed by atoms with Crippen molar-refractivity contribution in [1.29, 1.82) is 0 Å². The smallest absolute Gasteiger partial charge is 0.150 e. The first kappa shape index (κ1) is 12.6. The Labute approximate surface area is 114 Å². The van der Waals surface area contributed by atoms with Crippen molar-refractivity contribution in [2.24, 2.45) is 0 Å². The van der Waals surface area contributed by atoms with Crippen molar-refractivity contribution < 1.29 is 4.74 Å². The number of methoxy groups -OCH3 is 1. The zero-order chi connectivity index (χ0) is 13.1. The third-order valence-electron chi connectivity index (χ3n) is 2.50. The number of hydrogen-bond donors (Lipinski definition) is 2. The van der Waals surface area contributed by atoms with E-state index in [1.807, 2.05) is 25.1 Å². The summed E-state index contributed by atoms with van der Waals surface area (Å²) in [6.07, 6.45) is 1.42. The molecule has 0 saturated heterocycles. The van der Waals surface area contributed by atoms with Gasteiger partial charge < -0.3 is 15.8 Å². The van der Waals surface area contributed by atoms with Crippen LogP contribution in [0.3, 0.4) is 0 Å². The maximum atomic E-state index is 5.70. The molecule has 0 aliphatic carbocycles. The average Bonchev–Trinajstić information content (AvgIpc) is 2.37. The number of benzene rings is 1. The summed E-state index contributed by atoms with van der Waals surface area (Å²) in [6, 6.07) is 5.76. The third-order valence-corrected chi connectivity index (χ3v) is 3.28. The lowest BCUT2D eigenvalue weighted by Gasteiger charge is -2.11. The van der Waals surface area contributed by atoms with Gasteiger partial charge in [-0.3, -0.25) is 0 Å². The normalized spacial score (nSPS) is 10.2. The predicted molar refractivity (Wildman–Crippen MR) is 75.2 cm³/mol. The zero-order valence-corrected chi connectivity index (χ0v) is 11.7. The Hall–Kier alpha value is -1.82. The number of halogens is 1. The highest BCUT2D eigenvalue weighted by atomic mass is 79.9. The van der Waals surface area contributed by atoms with Crippen LogP contribution in [0.1, 0.15) is 5.56 Å². The SMILES string of the molecule is COc1ccc(Nc2ncnc(N)c2Br)c(C)c1. The number of nitrogens with zero attached hydrogens (tertiary/aromatic N) is 2. The van der Waals surface area contributed by atoms with E-state index in [0.29, 0.717) is 16.1 Å². The van der Waals surface area contributed by atoms with Gasteiger partial charge >= 0.3 is 0 Å². The molecule has 5 nitrogen and oxygen atoms in total. The second kappa shape index (κ2) is 5.22. The maximum Gasteiger partial charge on any atom is 0.150 e. The number of ether oxygens (including phenoxy) is 1. The number of nitrogens with one attached hydrogen (secondary N) is 1. The summed E-state index contributed by atoms with van der Waals surface area (Å²) in [4.78, 5) is 8.03. The first-order valence-corrected chi connectivity index (χ1v) is 6.08. The predicted octanol–water partition coefficient (Wildman–Crippen LogP) is 2.88. The van der Waals surface area contributed by atoms with Crippen LogP contribution in [0.2, 0.25) is 0 Å². The minimum absolute atomic E-state index is 0.402. The standard InChI is InChI=1S/C12H13BrN4O/c1-7-5-8(18-2)3-4-9(7)17-12-10(13)11(14)15-6-16-12/h3-6H,1-2H3,(H3,14,15,16,17). The maximum absolute atomic E-state index is 5.70. The Morgan fingerprint density at radius 3 is 2.78 bits per heavy atom. The fraction of sp³-hybridized carbons (Fsp3) is 0.167. The summed E-state index contributed by atoms with van der Waals surface area (Å²) in [5.74, 6) is 1.86. The topological polar surface area (TPSA) is 73.1 Å². The van der Waals surface area contributed by atoms with Crippen molar-refractivity contribution in [3.63, 3.8) is 0 Å². The largest absolute Gasteiger partial charge is 0.497 e. The summed E-state index contributed by atoms with van der Waals surface area (Å²) in [6.45, 7) is 1.99. The van der Waals surface area contributed by atoms with Gasteiger partial charge in [-0.2, -0.15) is 0 Å². The third kappa shape index (κ3) is 2.53. The van der Waals surface area contributed by atoms with Crippen molar-refractivity contribution in [1.82, 2.24) is 9.97 Å². The summed E-state index contributed by atoms with van der Waals surface area (Å²) < 4.78 is 5.81. The highest BCUT2D eigenvalue weighted by molar-refractivity contribution is 9.10. The molecule has 0 saturated carbocycles. The lowest BCUT2D eigenvalue weighted by atomic mass is 10.2. The minimum atomic E-state index is 0.402. The van der Waals surface area contributed by atoms with Gasteiger partial charge in [-0.15, -0.1) is 0 Å². The van der Waals surface area contributed by atoms with Crippen LogP contribution in [-0.2, 0) is 0 Å². The highest BCUT2D eigenvalue weighted by Crippen LogP contribution is 2.29. The number of hydrogen-bond acceptors (Lipinski definition) is 5. The van der Waals surface area contributed by atoms with E-state index >= 15 is 0 Å². The Morgan fingerprint density at radius 2 is 2.11 bits per heavy atom. The van der Waals surface area contributed by atoms with Crippen molar-refractivity contribution in [2.45, 2.75) is 6.92 Å². The lowest BCUT2D eigenvalue weighted by Crippen LogP contribution is -2.01. The Kier molecular flexibility index (Phi) is 3.66. The van der Waals surface area contributed by atoms with Crippen LogP contribution >= 0.6 is 15.9 Å². The highest BCUT2D eigenvalue weighted by Gasteiger charge is 2.07. The van der Waals surface area contributed by atoms with Gasteiger partial charge in [-0.25, -0.2) is 9.97 Å². The Morgan fingerprint density at radius 1 is 1.33 bits per heavy atom. The van der Waals surface area contributed by atoms with Crippen LogP contribution in [0.25, 0.3) is 0 Å². The van der Waals surface area contributed by atoms with Crippen molar-refractivity contribution in [2.75, 3.05) is 18.2 Å². The van der Waals surface area contributed by atoms with Crippen LogP contribution in [0.15, 0.2) is 29.0 Å². The molecule has 0 spiro atoms. The van der Waals surface area contributed by atoms with Crippen LogP contribution in [-0.4, -0.2) is 17.1 Å². The van der Waals surface area contributed by atoms with Gasteiger partial charge in [0.1, 0.15) is 28.2 Å². The molecule has 0 aliphatic rings. The molecular weight excluding hydrogens is 296 g/mol. The molecule has 1 aromatic carbocycles. The van der Waals surface area contributed by atoms with Crippen molar-refractivity contribution in [3.05, 3.63) is 34.6 Å². The first-order valence-electron chi connectivity index (χ1n) is 5.29. The molecule has 3 N–H and O–H groups in total. The molecule has 18 heavy (non-hydrogen) atoms. The van der Waals surface area contributed by atoms with E-state index in [1.165, 1.54) is 6.33 Å². The number of rotatable bonds is 3. The first-order chi connectivity index (χ1) is 8.61. The van der Waals surface area contributed by atoms with E-state index in [0.717, 1.165) is 17.0 Å². The van der Waals surface area contributed by atoms with E-state index in [9.17, 15) is 0 Å². The van der Waals surface area contributed by atoms with Crippen LogP contribution < -0.4 is 15.8 Å². The fourth-order valence-electron chi connectivity index (χ4n) is 1.50. The van der Waals surface area contributed by atoms with Crippen LogP contribution in [0.4, 0.5) is 17.3 Å². The van der Waals surface area contributed by atoms with Gasteiger partial charge in [0.05, 0.1) is 7.11 Å². The van der Waals surface area contributed by atoms with E-state index < -0.39 is 0 Å². The molecule has 0 aliphatic heterocycles. The molecule has 0 fully saturated rings. The molecule has 2 rings (SSSR count). The second-order valence-corrected chi connectivity index (χ2v) is 4.52. The summed E-state index contributed by atoms with van der Waals surface area (Å²) >= 11 is 3.35. The average molecular weight is 309 g/mol. The second-order valence-electron chi connectivity index (χ2n) is 3.73. The van der Waals surface area contributed by atoms with E-state index in [2.05, 4.69) is 31.2 Å². The number of aryl methyl sites for hydroxylation is 1. The quantitative estimate of drug-likeness (QED) is 0.912. The molecule has 2 aromatic rings. The van der Waals surface area contributed by atoms with Crippen LogP contribution in [0.5, 0.6) is 5.75 Å². The monoisotopic (exact) mass is 308 g/mol. The van der Waals surface area contributed by atoms with E-state index in [-0.39, 0.29) is 0 Å². The van der Waals surface area contributed by atoms with Gasteiger partial charge in [-0.05, 0) is 46.6 Å². The van der Waals surface area contributed by atoms with Gasteiger partial charge in [0, 0.05) is 5.69 Å². The van der Waals surface area contributed by atoms with Gasteiger partial charge in [0.25, 0.3) is 0 Å². The van der Waals surface area contributed by atoms with Gasteiger partial charge in [0.2, 0.25) is 0 Å². The number of aromatic nitrogens is 2. The minimum Gasteiger partial charge on any atom is -0.497 e. The number of anilines is 3. The molecule has 1 heterocycles. The van der Waals surface area contributed by atoms with Gasteiger partial charge in [-0.1, -0.05) is 0 Å². The number of nitrogens with two attached hydrogens (primary N) is 1. The molecular formula is C12H13BrN4O. The summed E-state index contributed by atoms with van der Waals surface area (Å²) in [7, 11) is 1.64. The molecule has 94 valence electrons. The number of nitrogen functional groups attached to an aromatic ring is 1. The van der Waals surface area contributed by atoms with Crippen LogP contribution in [0, 0.1) is 6.92 Å². The lowest BCUT2D eigenvalue weighted by molar-refractivity contribution is 0.414. The molecule has 0 unspecified atom stereocenters. The van der Waals surface area contributed by atoms with E-state index in [4.69, 9.17) is 10.5 Å².